The molecule has 1 N–H and O–H groups in total. The molecule has 1 aliphatic rings. The van der Waals surface area contributed by atoms with Crippen LogP contribution in [0.25, 0.3) is 0 Å². The summed E-state index contributed by atoms with van der Waals surface area (Å²) in [7, 11) is 0. The van der Waals surface area contributed by atoms with Crippen LogP contribution in [0.5, 0.6) is 0 Å². The Morgan fingerprint density at radius 3 is 2.52 bits per heavy atom. The van der Waals surface area contributed by atoms with Crippen molar-refractivity contribution in [3.05, 3.63) is 47.8 Å². The Morgan fingerprint density at radius 1 is 1.20 bits per heavy atom. The van der Waals surface area contributed by atoms with E-state index in [1.807, 2.05) is 0 Å². The van der Waals surface area contributed by atoms with Gasteiger partial charge in [0.2, 0.25) is 11.7 Å². The number of hydrogen-bond acceptors (Lipinski definition) is 3. The van der Waals surface area contributed by atoms with E-state index in [2.05, 4.69) is 10.3 Å². The minimum absolute atomic E-state index is 0.0535. The fraction of sp³-hybridized carbons (Fsp3) is 0.267. The number of nitrogens with zero attached hydrogens (tertiary/aromatic N) is 3. The first-order valence-corrected chi connectivity index (χ1v) is 7.23. The fourth-order valence-electron chi connectivity index (χ4n) is 2.54. The van der Waals surface area contributed by atoms with E-state index in [1.54, 1.807) is 0 Å². The highest BCUT2D eigenvalue weighted by atomic mass is 19.4. The largest absolute Gasteiger partial charge is 0.449 e. The van der Waals surface area contributed by atoms with E-state index in [9.17, 15) is 27.2 Å². The maximum atomic E-state index is 12.8. The lowest BCUT2D eigenvalue weighted by atomic mass is 10.2. The molecule has 132 valence electrons. The molecule has 0 saturated heterocycles. The first-order valence-electron chi connectivity index (χ1n) is 7.23. The molecule has 0 aliphatic carbocycles. The minimum Gasteiger partial charge on any atom is -0.326 e. The molecule has 1 aromatic heterocycles. The van der Waals surface area contributed by atoms with Crippen LogP contribution >= 0.6 is 0 Å². The number of hydrogen-bond donors (Lipinski definition) is 1. The molecule has 6 nitrogen and oxygen atoms in total. The Hall–Kier alpha value is -2.91. The monoisotopic (exact) mass is 356 g/mol. The van der Waals surface area contributed by atoms with Crippen LogP contribution in [0.4, 0.5) is 23.2 Å². The minimum atomic E-state index is -4.65. The van der Waals surface area contributed by atoms with E-state index >= 15 is 0 Å². The number of aromatic nitrogens is 2. The van der Waals surface area contributed by atoms with Crippen LogP contribution in [-0.2, 0) is 17.5 Å². The highest BCUT2D eigenvalue weighted by Gasteiger charge is 2.40. The van der Waals surface area contributed by atoms with Crippen molar-refractivity contribution in [2.45, 2.75) is 12.7 Å². The Balaban J connectivity index is 1.69. The van der Waals surface area contributed by atoms with Gasteiger partial charge in [0, 0.05) is 18.8 Å². The topological polar surface area (TPSA) is 67.2 Å². The molecule has 0 atom stereocenters. The first-order chi connectivity index (χ1) is 11.8. The molecule has 1 aliphatic heterocycles. The molecule has 0 bridgehead atoms. The number of benzene rings is 1. The van der Waals surface area contributed by atoms with Gasteiger partial charge in [0.05, 0.1) is 6.20 Å². The van der Waals surface area contributed by atoms with E-state index in [4.69, 9.17) is 0 Å². The second-order valence-electron chi connectivity index (χ2n) is 5.40. The molecule has 0 spiro atoms. The van der Waals surface area contributed by atoms with E-state index in [0.29, 0.717) is 5.69 Å². The Morgan fingerprint density at radius 2 is 1.88 bits per heavy atom. The van der Waals surface area contributed by atoms with Crippen molar-refractivity contribution in [3.8, 4) is 0 Å². The summed E-state index contributed by atoms with van der Waals surface area (Å²) in [6, 6.07) is 5.05. The molecule has 2 amide bonds. The molecule has 3 rings (SSSR count). The van der Waals surface area contributed by atoms with Gasteiger partial charge in [-0.05, 0) is 24.3 Å². The van der Waals surface area contributed by atoms with Gasteiger partial charge in [-0.2, -0.15) is 13.2 Å². The standard InChI is InChI=1S/C15H12F4N4O2/c16-9-1-3-10(4-2-9)21-12(24)8-22-5-6-23-11(13(22)25)7-20-14(23)15(17,18)19/h1-4,7H,5-6,8H2,(H,21,24). The van der Waals surface area contributed by atoms with Crippen LogP contribution in [0.3, 0.4) is 0 Å². The van der Waals surface area contributed by atoms with E-state index < -0.39 is 29.6 Å². The number of rotatable bonds is 3. The number of fused-ring (bicyclic) bond motifs is 1. The Labute approximate surface area is 139 Å². The second kappa shape index (κ2) is 6.19. The highest BCUT2D eigenvalue weighted by molar-refractivity contribution is 5.98. The lowest BCUT2D eigenvalue weighted by Crippen LogP contribution is -2.44. The van der Waals surface area contributed by atoms with Gasteiger partial charge in [0.1, 0.15) is 18.1 Å². The number of nitrogens with one attached hydrogen (secondary N) is 1. The summed E-state index contributed by atoms with van der Waals surface area (Å²) in [6.45, 7) is -0.495. The van der Waals surface area contributed by atoms with E-state index in [-0.39, 0.29) is 25.3 Å². The van der Waals surface area contributed by atoms with Gasteiger partial charge in [0.15, 0.2) is 0 Å². The number of anilines is 1. The smallest absolute Gasteiger partial charge is 0.326 e. The van der Waals surface area contributed by atoms with Crippen LogP contribution in [-0.4, -0.2) is 39.4 Å². The molecule has 0 fully saturated rings. The average molecular weight is 356 g/mol. The quantitative estimate of drug-likeness (QED) is 0.857. The Bertz CT molecular complexity index is 814. The summed E-state index contributed by atoms with van der Waals surface area (Å²) < 4.78 is 52.1. The molecule has 10 heteroatoms. The lowest BCUT2D eigenvalue weighted by Gasteiger charge is -2.28. The zero-order valence-corrected chi connectivity index (χ0v) is 12.7. The van der Waals surface area contributed by atoms with Gasteiger partial charge >= 0.3 is 6.18 Å². The molecule has 2 heterocycles. The molecular weight excluding hydrogens is 344 g/mol. The van der Waals surface area contributed by atoms with Gasteiger partial charge in [0.25, 0.3) is 5.91 Å². The predicted octanol–water partition coefficient (Wildman–Crippen LogP) is 2.14. The van der Waals surface area contributed by atoms with Crippen LogP contribution in [0.1, 0.15) is 16.3 Å². The molecular formula is C15H12F4N4O2. The van der Waals surface area contributed by atoms with Crippen LogP contribution in [0.2, 0.25) is 0 Å². The summed E-state index contributed by atoms with van der Waals surface area (Å²) >= 11 is 0. The number of carbonyl (C=O) groups is 2. The van der Waals surface area contributed by atoms with Gasteiger partial charge < -0.3 is 14.8 Å². The highest BCUT2D eigenvalue weighted by Crippen LogP contribution is 2.30. The molecule has 0 radical (unpaired) electrons. The summed E-state index contributed by atoms with van der Waals surface area (Å²) in [5.41, 5.74) is 0.133. The van der Waals surface area contributed by atoms with Crippen molar-refractivity contribution in [1.82, 2.24) is 14.5 Å². The third-order valence-corrected chi connectivity index (χ3v) is 3.67. The van der Waals surface area contributed by atoms with E-state index in [0.717, 1.165) is 15.7 Å². The number of carbonyl (C=O) groups excluding carboxylic acids is 2. The predicted molar refractivity (Wildman–Crippen MR) is 78.2 cm³/mol. The van der Waals surface area contributed by atoms with Gasteiger partial charge in [-0.25, -0.2) is 9.37 Å². The molecule has 0 unspecified atom stereocenters. The lowest BCUT2D eigenvalue weighted by molar-refractivity contribution is -0.147. The molecule has 0 saturated carbocycles. The van der Waals surface area contributed by atoms with Gasteiger partial charge in [-0.1, -0.05) is 0 Å². The zero-order valence-electron chi connectivity index (χ0n) is 12.7. The van der Waals surface area contributed by atoms with Gasteiger partial charge in [-0.3, -0.25) is 9.59 Å². The second-order valence-corrected chi connectivity index (χ2v) is 5.40. The Kier molecular flexibility index (Phi) is 4.19. The van der Waals surface area contributed by atoms with Crippen LogP contribution in [0, 0.1) is 5.82 Å². The van der Waals surface area contributed by atoms with Crippen molar-refractivity contribution < 1.29 is 27.2 Å². The summed E-state index contributed by atoms with van der Waals surface area (Å²) in [5, 5.41) is 2.49. The zero-order chi connectivity index (χ0) is 18.2. The third kappa shape index (κ3) is 3.47. The fourth-order valence-corrected chi connectivity index (χ4v) is 2.54. The molecule has 1 aromatic carbocycles. The maximum absolute atomic E-state index is 12.8. The summed E-state index contributed by atoms with van der Waals surface area (Å²) in [4.78, 5) is 28.6. The summed E-state index contributed by atoms with van der Waals surface area (Å²) in [6.07, 6.45) is -3.80. The number of amides is 2. The third-order valence-electron chi connectivity index (χ3n) is 3.67. The van der Waals surface area contributed by atoms with Crippen LogP contribution < -0.4 is 5.32 Å². The maximum Gasteiger partial charge on any atom is 0.449 e. The average Bonchev–Trinajstić information content (AvgIpc) is 2.97. The SMILES string of the molecule is O=C(CN1CCn2c(cnc2C(F)(F)F)C1=O)Nc1ccc(F)cc1. The van der Waals surface area contributed by atoms with Gasteiger partial charge in [-0.15, -0.1) is 0 Å². The number of imidazole rings is 1. The van der Waals surface area contributed by atoms with Crippen molar-refractivity contribution >= 4 is 17.5 Å². The van der Waals surface area contributed by atoms with E-state index in [1.165, 1.54) is 24.3 Å². The number of halogens is 4. The van der Waals surface area contributed by atoms with Crippen LogP contribution in [0.15, 0.2) is 30.5 Å². The summed E-state index contributed by atoms with van der Waals surface area (Å²) in [5.74, 6) is -2.84. The van der Waals surface area contributed by atoms with Crippen molar-refractivity contribution in [1.29, 1.82) is 0 Å². The van der Waals surface area contributed by atoms with Crippen molar-refractivity contribution in [3.63, 3.8) is 0 Å². The normalized spacial score (nSPS) is 14.4. The van der Waals surface area contributed by atoms with Crippen molar-refractivity contribution in [2.75, 3.05) is 18.4 Å². The molecule has 2 aromatic rings. The van der Waals surface area contributed by atoms with Crippen molar-refractivity contribution in [2.24, 2.45) is 0 Å². The molecule has 25 heavy (non-hydrogen) atoms. The number of alkyl halides is 3. The first kappa shape index (κ1) is 16.9.